The maximum atomic E-state index is 13.3. The van der Waals surface area contributed by atoms with E-state index in [4.69, 9.17) is 5.11 Å². The molecule has 7 heteroatoms. The van der Waals surface area contributed by atoms with E-state index in [1.807, 2.05) is 39.8 Å². The number of nitrogens with zero attached hydrogens (tertiary/aromatic N) is 1. The largest absolute Gasteiger partial charge is 0.396 e. The van der Waals surface area contributed by atoms with Crippen molar-refractivity contribution < 1.29 is 19.5 Å². The van der Waals surface area contributed by atoms with Crippen LogP contribution in [0.5, 0.6) is 0 Å². The first kappa shape index (κ1) is 22.4. The number of likely N-dealkylation sites (tertiary alicyclic amines) is 1. The van der Waals surface area contributed by atoms with Crippen LogP contribution in [0.2, 0.25) is 0 Å². The quantitative estimate of drug-likeness (QED) is 0.445. The minimum absolute atomic E-state index is 0.0641. The zero-order valence-electron chi connectivity index (χ0n) is 17.7. The number of rotatable bonds is 7. The third kappa shape index (κ3) is 4.74. The summed E-state index contributed by atoms with van der Waals surface area (Å²) in [6.45, 7) is 8.25. The zero-order chi connectivity index (χ0) is 21.1. The number of carbonyl (C=O) groups excluding carboxylic acids is 3. The molecule has 2 aliphatic rings. The lowest BCUT2D eigenvalue weighted by Gasteiger charge is -2.33. The molecule has 0 aromatic heterocycles. The van der Waals surface area contributed by atoms with Crippen LogP contribution >= 0.6 is 0 Å². The van der Waals surface area contributed by atoms with Gasteiger partial charge in [0.2, 0.25) is 17.7 Å². The fourth-order valence-electron chi connectivity index (χ4n) is 4.41. The van der Waals surface area contributed by atoms with Crippen molar-refractivity contribution in [1.29, 1.82) is 0 Å². The molecule has 3 amide bonds. The van der Waals surface area contributed by atoms with Gasteiger partial charge in [-0.25, -0.2) is 0 Å². The van der Waals surface area contributed by atoms with Gasteiger partial charge in [-0.3, -0.25) is 14.4 Å². The highest BCUT2D eigenvalue weighted by Crippen LogP contribution is 2.44. The highest BCUT2D eigenvalue weighted by molar-refractivity contribution is 5.96. The highest BCUT2D eigenvalue weighted by Gasteiger charge is 2.56. The van der Waals surface area contributed by atoms with Crippen LogP contribution in [-0.2, 0) is 14.4 Å². The van der Waals surface area contributed by atoms with Crippen LogP contribution in [0.4, 0.5) is 0 Å². The lowest BCUT2D eigenvalue weighted by atomic mass is 9.70. The summed E-state index contributed by atoms with van der Waals surface area (Å²) < 4.78 is 0. The van der Waals surface area contributed by atoms with E-state index in [0.29, 0.717) is 13.0 Å². The molecule has 2 rings (SSSR count). The summed E-state index contributed by atoms with van der Waals surface area (Å²) in [5.41, 5.74) is -0.410. The van der Waals surface area contributed by atoms with E-state index in [2.05, 4.69) is 10.6 Å². The van der Waals surface area contributed by atoms with Crippen LogP contribution in [0.25, 0.3) is 0 Å². The summed E-state index contributed by atoms with van der Waals surface area (Å²) in [6.07, 6.45) is 6.09. The third-order valence-electron chi connectivity index (χ3n) is 5.65. The minimum atomic E-state index is -0.609. The molecule has 0 aromatic carbocycles. The average Bonchev–Trinajstić information content (AvgIpc) is 2.89. The van der Waals surface area contributed by atoms with Gasteiger partial charge >= 0.3 is 0 Å². The lowest BCUT2D eigenvalue weighted by Crippen LogP contribution is -2.52. The summed E-state index contributed by atoms with van der Waals surface area (Å²) >= 11 is 0. The molecule has 1 saturated heterocycles. The van der Waals surface area contributed by atoms with Crippen LogP contribution in [0.3, 0.4) is 0 Å². The Morgan fingerprint density at radius 1 is 1.14 bits per heavy atom. The molecular weight excluding hydrogens is 358 g/mol. The molecule has 5 atom stereocenters. The zero-order valence-corrected chi connectivity index (χ0v) is 17.7. The molecule has 0 radical (unpaired) electrons. The van der Waals surface area contributed by atoms with Gasteiger partial charge in [-0.05, 0) is 46.0 Å². The van der Waals surface area contributed by atoms with Gasteiger partial charge in [0.25, 0.3) is 0 Å². The molecule has 1 aliphatic heterocycles. The Bertz CT molecular complexity index is 626. The maximum absolute atomic E-state index is 13.3. The second-order valence-corrected chi connectivity index (χ2v) is 8.99. The first-order valence-electron chi connectivity index (χ1n) is 10.3. The van der Waals surface area contributed by atoms with E-state index in [0.717, 1.165) is 12.8 Å². The molecular formula is C21H35N3O4. The van der Waals surface area contributed by atoms with Gasteiger partial charge < -0.3 is 20.6 Å². The Labute approximate surface area is 167 Å². The van der Waals surface area contributed by atoms with E-state index in [-0.39, 0.29) is 36.2 Å². The number of amides is 3. The number of hydrogen-bond donors (Lipinski definition) is 3. The molecule has 7 nitrogen and oxygen atoms in total. The minimum Gasteiger partial charge on any atom is -0.396 e. The van der Waals surface area contributed by atoms with Crippen molar-refractivity contribution >= 4 is 17.7 Å². The number of nitrogens with one attached hydrogen (secondary N) is 2. The fourth-order valence-corrected chi connectivity index (χ4v) is 4.41. The van der Waals surface area contributed by atoms with Crippen LogP contribution in [0.1, 0.15) is 47.0 Å². The Balaban J connectivity index is 2.34. The van der Waals surface area contributed by atoms with Gasteiger partial charge in [-0.2, -0.15) is 0 Å². The summed E-state index contributed by atoms with van der Waals surface area (Å²) in [6, 6.07) is -0.609. The molecule has 0 spiro atoms. The third-order valence-corrected chi connectivity index (χ3v) is 5.65. The van der Waals surface area contributed by atoms with E-state index in [1.165, 1.54) is 0 Å². The Morgan fingerprint density at radius 3 is 2.39 bits per heavy atom. The first-order valence-corrected chi connectivity index (χ1v) is 10.3. The molecule has 0 unspecified atom stereocenters. The van der Waals surface area contributed by atoms with Gasteiger partial charge in [0, 0.05) is 31.7 Å². The first-order chi connectivity index (χ1) is 13.1. The van der Waals surface area contributed by atoms with Gasteiger partial charge in [0.05, 0.1) is 11.8 Å². The number of unbranched alkanes of at least 4 members (excludes halogenated alkanes) is 2. The summed E-state index contributed by atoms with van der Waals surface area (Å²) in [5, 5.41) is 14.7. The Hall–Kier alpha value is -1.89. The van der Waals surface area contributed by atoms with Crippen molar-refractivity contribution in [2.45, 2.75) is 58.5 Å². The van der Waals surface area contributed by atoms with Crippen molar-refractivity contribution in [2.24, 2.45) is 23.7 Å². The van der Waals surface area contributed by atoms with E-state index in [9.17, 15) is 14.4 Å². The number of allylic oxidation sites excluding steroid dienone is 1. The number of aliphatic hydroxyl groups is 1. The van der Waals surface area contributed by atoms with E-state index >= 15 is 0 Å². The Kier molecular flexibility index (Phi) is 7.26. The highest BCUT2D eigenvalue weighted by atomic mass is 16.3. The van der Waals surface area contributed by atoms with Gasteiger partial charge in [-0.1, -0.05) is 19.1 Å². The van der Waals surface area contributed by atoms with Crippen LogP contribution in [0, 0.1) is 23.7 Å². The number of fused-ring (bicyclic) bond motifs is 1. The summed E-state index contributed by atoms with van der Waals surface area (Å²) in [5.74, 6) is -1.82. The molecule has 0 saturated carbocycles. The number of aliphatic hydroxyl groups excluding tert-OH is 1. The summed E-state index contributed by atoms with van der Waals surface area (Å²) in [7, 11) is 1.58. The fraction of sp³-hybridized carbons (Fsp3) is 0.762. The van der Waals surface area contributed by atoms with E-state index < -0.39 is 23.4 Å². The molecule has 28 heavy (non-hydrogen) atoms. The number of hydrogen-bond acceptors (Lipinski definition) is 4. The van der Waals surface area contributed by atoms with Crippen molar-refractivity contribution in [3.63, 3.8) is 0 Å². The molecule has 1 heterocycles. The molecule has 158 valence electrons. The molecule has 0 bridgehead atoms. The van der Waals surface area contributed by atoms with Crippen molar-refractivity contribution in [3.05, 3.63) is 12.2 Å². The standard InChI is InChI=1S/C21H35N3O4/c1-13-9-10-14-16(15(13)18(26)22-5)20(28)24(11-7-6-8-12-25)17(14)19(27)23-21(2,3)4/h9-10,13-17,25H,6-8,11-12H2,1-5H3,(H,22,26)(H,23,27)/t13-,14+,15-,16-,17+/m1/s1. The second-order valence-electron chi connectivity index (χ2n) is 8.99. The van der Waals surface area contributed by atoms with Crippen molar-refractivity contribution in [3.8, 4) is 0 Å². The van der Waals surface area contributed by atoms with Gasteiger partial charge in [0.1, 0.15) is 6.04 Å². The van der Waals surface area contributed by atoms with Crippen LogP contribution in [-0.4, -0.2) is 59.5 Å². The number of carbonyl (C=O) groups is 3. The van der Waals surface area contributed by atoms with Crippen molar-refractivity contribution in [1.82, 2.24) is 15.5 Å². The SMILES string of the molecule is CNC(=O)[C@H]1[C@@H]2C(=O)N(CCCCCO)[C@H](C(=O)NC(C)(C)C)[C@H]2C=C[C@H]1C. The predicted molar refractivity (Wildman–Crippen MR) is 107 cm³/mol. The second kappa shape index (κ2) is 9.07. The van der Waals surface area contributed by atoms with Crippen molar-refractivity contribution in [2.75, 3.05) is 20.2 Å². The van der Waals surface area contributed by atoms with Crippen LogP contribution in [0.15, 0.2) is 12.2 Å². The monoisotopic (exact) mass is 393 g/mol. The van der Waals surface area contributed by atoms with Crippen LogP contribution < -0.4 is 10.6 Å². The van der Waals surface area contributed by atoms with Gasteiger partial charge in [0.15, 0.2) is 0 Å². The molecule has 1 aliphatic carbocycles. The molecule has 3 N–H and O–H groups in total. The summed E-state index contributed by atoms with van der Waals surface area (Å²) in [4.78, 5) is 40.6. The lowest BCUT2D eigenvalue weighted by molar-refractivity contribution is -0.140. The molecule has 1 fully saturated rings. The topological polar surface area (TPSA) is 98.7 Å². The normalized spacial score (nSPS) is 29.6. The molecule has 0 aromatic rings. The predicted octanol–water partition coefficient (Wildman–Crippen LogP) is 1.08. The average molecular weight is 394 g/mol. The smallest absolute Gasteiger partial charge is 0.243 e. The maximum Gasteiger partial charge on any atom is 0.243 e. The van der Waals surface area contributed by atoms with E-state index in [1.54, 1.807) is 11.9 Å². The van der Waals surface area contributed by atoms with Gasteiger partial charge in [-0.15, -0.1) is 0 Å². The Morgan fingerprint density at radius 2 is 1.82 bits per heavy atom.